The first-order chi connectivity index (χ1) is 8.24. The third-order valence-electron chi connectivity index (χ3n) is 2.83. The quantitative estimate of drug-likeness (QED) is 0.751. The summed E-state index contributed by atoms with van der Waals surface area (Å²) >= 11 is 0. The maximum Gasteiger partial charge on any atom is 0.170 e. The molecule has 1 atom stereocenters. The molecule has 3 nitrogen and oxygen atoms in total. The van der Waals surface area contributed by atoms with Crippen molar-refractivity contribution in [2.45, 2.75) is 25.9 Å². The molecular formula is C14H16O3. The van der Waals surface area contributed by atoms with E-state index in [0.717, 1.165) is 6.42 Å². The number of ketones is 1. The maximum atomic E-state index is 11.9. The van der Waals surface area contributed by atoms with Gasteiger partial charge in [-0.15, -0.1) is 0 Å². The summed E-state index contributed by atoms with van der Waals surface area (Å²) in [4.78, 5) is 11.9. The van der Waals surface area contributed by atoms with E-state index in [4.69, 9.17) is 9.47 Å². The Bertz CT molecular complexity index is 449. The van der Waals surface area contributed by atoms with E-state index in [2.05, 4.69) is 0 Å². The third-order valence-corrected chi connectivity index (χ3v) is 2.83. The number of methoxy groups -OCH3 is 1. The Kier molecular flexibility index (Phi) is 3.47. The molecule has 0 aromatic heterocycles. The van der Waals surface area contributed by atoms with Gasteiger partial charge in [-0.05, 0) is 19.1 Å². The fraction of sp³-hybridized carbons (Fsp3) is 0.357. The number of benzene rings is 1. The summed E-state index contributed by atoms with van der Waals surface area (Å²) in [6.45, 7) is 1.96. The minimum atomic E-state index is -0.0571. The van der Waals surface area contributed by atoms with Crippen molar-refractivity contribution in [3.63, 3.8) is 0 Å². The molecule has 1 unspecified atom stereocenters. The SMILES string of the molecule is CC=CCC1CC(=O)c2ccc(OC)cc2O1. The summed E-state index contributed by atoms with van der Waals surface area (Å²) in [5.74, 6) is 1.49. The van der Waals surface area contributed by atoms with Crippen molar-refractivity contribution < 1.29 is 14.3 Å². The van der Waals surface area contributed by atoms with Crippen LogP contribution in [0.4, 0.5) is 0 Å². The molecule has 0 radical (unpaired) electrons. The Morgan fingerprint density at radius 2 is 2.35 bits per heavy atom. The van der Waals surface area contributed by atoms with E-state index in [1.807, 2.05) is 19.1 Å². The fourth-order valence-electron chi connectivity index (χ4n) is 1.91. The zero-order chi connectivity index (χ0) is 12.3. The van der Waals surface area contributed by atoms with Crippen LogP contribution in [0, 0.1) is 0 Å². The van der Waals surface area contributed by atoms with Crippen molar-refractivity contribution in [2.75, 3.05) is 7.11 Å². The van der Waals surface area contributed by atoms with E-state index >= 15 is 0 Å². The minimum absolute atomic E-state index is 0.0571. The highest BCUT2D eigenvalue weighted by molar-refractivity contribution is 6.00. The molecule has 1 aliphatic heterocycles. The lowest BCUT2D eigenvalue weighted by molar-refractivity contribution is 0.0853. The van der Waals surface area contributed by atoms with Gasteiger partial charge in [0.05, 0.1) is 12.7 Å². The van der Waals surface area contributed by atoms with E-state index < -0.39 is 0 Å². The first kappa shape index (κ1) is 11.7. The molecule has 0 bridgehead atoms. The highest BCUT2D eigenvalue weighted by Crippen LogP contribution is 2.32. The number of hydrogen-bond acceptors (Lipinski definition) is 3. The van der Waals surface area contributed by atoms with Crippen LogP contribution in [0.1, 0.15) is 30.1 Å². The fourth-order valence-corrected chi connectivity index (χ4v) is 1.91. The molecule has 0 N–H and O–H groups in total. The molecule has 17 heavy (non-hydrogen) atoms. The van der Waals surface area contributed by atoms with Gasteiger partial charge < -0.3 is 9.47 Å². The van der Waals surface area contributed by atoms with Gasteiger partial charge in [0.2, 0.25) is 0 Å². The molecule has 1 aromatic rings. The normalized spacial score (nSPS) is 18.9. The smallest absolute Gasteiger partial charge is 0.170 e. The highest BCUT2D eigenvalue weighted by atomic mass is 16.5. The van der Waals surface area contributed by atoms with Crippen LogP contribution < -0.4 is 9.47 Å². The Labute approximate surface area is 101 Å². The predicted octanol–water partition coefficient (Wildman–Crippen LogP) is 3.00. The first-order valence-corrected chi connectivity index (χ1v) is 5.73. The van der Waals surface area contributed by atoms with Gasteiger partial charge in [0.25, 0.3) is 0 Å². The van der Waals surface area contributed by atoms with Crippen molar-refractivity contribution in [3.8, 4) is 11.5 Å². The van der Waals surface area contributed by atoms with E-state index in [0.29, 0.717) is 23.5 Å². The third kappa shape index (κ3) is 2.49. The number of carbonyl (C=O) groups excluding carboxylic acids is 1. The van der Waals surface area contributed by atoms with Gasteiger partial charge in [0.1, 0.15) is 17.6 Å². The number of fused-ring (bicyclic) bond motifs is 1. The van der Waals surface area contributed by atoms with Gasteiger partial charge in [-0.1, -0.05) is 12.2 Å². The molecule has 0 spiro atoms. The molecule has 90 valence electrons. The number of Topliss-reactive ketones (excluding diaryl/α,β-unsaturated/α-hetero) is 1. The van der Waals surface area contributed by atoms with Crippen LogP contribution in [0.5, 0.6) is 11.5 Å². The number of carbonyl (C=O) groups is 1. The molecule has 0 saturated heterocycles. The monoisotopic (exact) mass is 232 g/mol. The first-order valence-electron chi connectivity index (χ1n) is 5.73. The molecule has 0 aliphatic carbocycles. The summed E-state index contributed by atoms with van der Waals surface area (Å²) in [5.41, 5.74) is 0.655. The molecule has 3 heteroatoms. The van der Waals surface area contributed by atoms with Gasteiger partial charge in [-0.3, -0.25) is 4.79 Å². The molecule has 0 fully saturated rings. The Morgan fingerprint density at radius 3 is 3.06 bits per heavy atom. The molecule has 1 aliphatic rings. The van der Waals surface area contributed by atoms with Crippen LogP contribution in [0.2, 0.25) is 0 Å². The topological polar surface area (TPSA) is 35.5 Å². The minimum Gasteiger partial charge on any atom is -0.497 e. The molecule has 1 heterocycles. The van der Waals surface area contributed by atoms with E-state index in [1.54, 1.807) is 25.3 Å². The zero-order valence-electron chi connectivity index (χ0n) is 10.1. The second-order valence-corrected chi connectivity index (χ2v) is 4.03. The van der Waals surface area contributed by atoms with Gasteiger partial charge in [-0.2, -0.15) is 0 Å². The molecule has 0 amide bonds. The number of rotatable bonds is 3. The lowest BCUT2D eigenvalue weighted by atomic mass is 9.99. The summed E-state index contributed by atoms with van der Waals surface area (Å²) in [6, 6.07) is 5.32. The van der Waals surface area contributed by atoms with Gasteiger partial charge in [-0.25, -0.2) is 0 Å². The highest BCUT2D eigenvalue weighted by Gasteiger charge is 2.25. The van der Waals surface area contributed by atoms with Crippen LogP contribution in [0.25, 0.3) is 0 Å². The average molecular weight is 232 g/mol. The number of hydrogen-bond donors (Lipinski definition) is 0. The summed E-state index contributed by atoms with van der Waals surface area (Å²) in [6.07, 6.45) is 5.14. The van der Waals surface area contributed by atoms with Crippen molar-refractivity contribution in [3.05, 3.63) is 35.9 Å². The van der Waals surface area contributed by atoms with Crippen LogP contribution in [0.15, 0.2) is 30.4 Å². The Balaban J connectivity index is 2.24. The Morgan fingerprint density at radius 1 is 1.53 bits per heavy atom. The van der Waals surface area contributed by atoms with Crippen LogP contribution in [-0.2, 0) is 0 Å². The number of ether oxygens (including phenoxy) is 2. The molecule has 2 rings (SSSR count). The molecule has 1 aromatic carbocycles. The Hall–Kier alpha value is -1.77. The van der Waals surface area contributed by atoms with Crippen molar-refractivity contribution in [2.24, 2.45) is 0 Å². The summed E-state index contributed by atoms with van der Waals surface area (Å²) in [5, 5.41) is 0. The van der Waals surface area contributed by atoms with Crippen molar-refractivity contribution >= 4 is 5.78 Å². The lowest BCUT2D eigenvalue weighted by Gasteiger charge is -2.24. The van der Waals surface area contributed by atoms with Gasteiger partial charge in [0.15, 0.2) is 5.78 Å². The maximum absolute atomic E-state index is 11.9. The molecule has 0 saturated carbocycles. The predicted molar refractivity (Wildman–Crippen MR) is 65.8 cm³/mol. The van der Waals surface area contributed by atoms with Crippen molar-refractivity contribution in [1.82, 2.24) is 0 Å². The van der Waals surface area contributed by atoms with Gasteiger partial charge >= 0.3 is 0 Å². The zero-order valence-corrected chi connectivity index (χ0v) is 10.1. The van der Waals surface area contributed by atoms with Crippen LogP contribution in [0.3, 0.4) is 0 Å². The number of allylic oxidation sites excluding steroid dienone is 1. The summed E-state index contributed by atoms with van der Waals surface area (Å²) in [7, 11) is 1.60. The van der Waals surface area contributed by atoms with Gasteiger partial charge in [0, 0.05) is 18.9 Å². The average Bonchev–Trinajstić information content (AvgIpc) is 2.35. The van der Waals surface area contributed by atoms with Crippen molar-refractivity contribution in [1.29, 1.82) is 0 Å². The lowest BCUT2D eigenvalue weighted by Crippen LogP contribution is -2.26. The standard InChI is InChI=1S/C14H16O3/c1-3-4-5-11-8-13(15)12-7-6-10(16-2)9-14(12)17-11/h3-4,6-7,9,11H,5,8H2,1-2H3. The van der Waals surface area contributed by atoms with Crippen LogP contribution in [-0.4, -0.2) is 19.0 Å². The molecular weight excluding hydrogens is 216 g/mol. The largest absolute Gasteiger partial charge is 0.497 e. The summed E-state index contributed by atoms with van der Waals surface area (Å²) < 4.78 is 10.9. The van der Waals surface area contributed by atoms with Crippen LogP contribution >= 0.6 is 0 Å². The van der Waals surface area contributed by atoms with E-state index in [9.17, 15) is 4.79 Å². The second kappa shape index (κ2) is 5.04. The van der Waals surface area contributed by atoms with E-state index in [-0.39, 0.29) is 11.9 Å². The second-order valence-electron chi connectivity index (χ2n) is 4.03. The van der Waals surface area contributed by atoms with E-state index in [1.165, 1.54) is 0 Å².